The van der Waals surface area contributed by atoms with Crippen molar-refractivity contribution in [3.63, 3.8) is 0 Å². The molecule has 2 heterocycles. The van der Waals surface area contributed by atoms with E-state index in [0.29, 0.717) is 11.7 Å². The van der Waals surface area contributed by atoms with E-state index in [1.54, 1.807) is 12.3 Å². The van der Waals surface area contributed by atoms with Crippen LogP contribution in [0.1, 0.15) is 25.6 Å². The summed E-state index contributed by atoms with van der Waals surface area (Å²) in [4.78, 5) is 10.7. The van der Waals surface area contributed by atoms with Crippen LogP contribution in [0.4, 0.5) is 5.82 Å². The number of hydrogen-bond donors (Lipinski definition) is 2. The molecule has 0 bridgehead atoms. The summed E-state index contributed by atoms with van der Waals surface area (Å²) in [7, 11) is 0. The van der Waals surface area contributed by atoms with Crippen molar-refractivity contribution in [1.29, 1.82) is 0 Å². The van der Waals surface area contributed by atoms with E-state index in [9.17, 15) is 5.11 Å². The van der Waals surface area contributed by atoms with Crippen molar-refractivity contribution < 1.29 is 5.11 Å². The molecule has 0 radical (unpaired) electrons. The molecule has 17 heavy (non-hydrogen) atoms. The monoisotopic (exact) mass is 236 g/mol. The Kier molecular flexibility index (Phi) is 3.91. The van der Waals surface area contributed by atoms with Crippen LogP contribution in [0.3, 0.4) is 0 Å². The Bertz CT molecular complexity index is 361. The summed E-state index contributed by atoms with van der Waals surface area (Å²) in [5, 5.41) is 9.53. The molecule has 3 N–H and O–H groups in total. The second kappa shape index (κ2) is 5.42. The van der Waals surface area contributed by atoms with E-state index in [0.717, 1.165) is 38.3 Å². The number of likely N-dealkylation sites (tertiary alicyclic amines) is 1. The Morgan fingerprint density at radius 3 is 2.82 bits per heavy atom. The van der Waals surface area contributed by atoms with Crippen LogP contribution >= 0.6 is 0 Å². The van der Waals surface area contributed by atoms with Gasteiger partial charge in [0.25, 0.3) is 0 Å². The number of nitrogen functional groups attached to an aromatic ring is 1. The van der Waals surface area contributed by atoms with Crippen molar-refractivity contribution >= 4 is 5.82 Å². The zero-order valence-corrected chi connectivity index (χ0v) is 10.2. The van der Waals surface area contributed by atoms with Crippen molar-refractivity contribution in [3.05, 3.63) is 18.1 Å². The van der Waals surface area contributed by atoms with Gasteiger partial charge in [0, 0.05) is 6.20 Å². The predicted molar refractivity (Wildman–Crippen MR) is 66.1 cm³/mol. The second-order valence-electron chi connectivity index (χ2n) is 4.75. The topological polar surface area (TPSA) is 75.3 Å². The maximum Gasteiger partial charge on any atom is 0.144 e. The molecule has 1 unspecified atom stereocenters. The van der Waals surface area contributed by atoms with Crippen LogP contribution < -0.4 is 5.73 Å². The van der Waals surface area contributed by atoms with E-state index >= 15 is 0 Å². The predicted octanol–water partition coefficient (Wildman–Crippen LogP) is 0.652. The highest BCUT2D eigenvalue weighted by Gasteiger charge is 2.22. The van der Waals surface area contributed by atoms with Gasteiger partial charge in [0.15, 0.2) is 0 Å². The molecule has 1 aromatic heterocycles. The maximum atomic E-state index is 9.53. The van der Waals surface area contributed by atoms with Crippen molar-refractivity contribution in [2.24, 2.45) is 5.92 Å². The molecule has 0 aromatic carbocycles. The summed E-state index contributed by atoms with van der Waals surface area (Å²) in [6.45, 7) is 4.61. The van der Waals surface area contributed by atoms with Crippen LogP contribution in [0.15, 0.2) is 12.3 Å². The molecule has 0 amide bonds. The third kappa shape index (κ3) is 3.38. The molecule has 5 nitrogen and oxygen atoms in total. The van der Waals surface area contributed by atoms with E-state index in [-0.39, 0.29) is 6.10 Å². The van der Waals surface area contributed by atoms with E-state index in [1.807, 2.05) is 6.92 Å². The fourth-order valence-corrected chi connectivity index (χ4v) is 2.28. The van der Waals surface area contributed by atoms with Gasteiger partial charge in [-0.25, -0.2) is 9.97 Å². The summed E-state index contributed by atoms with van der Waals surface area (Å²) in [6, 6.07) is 1.70. The number of rotatable bonds is 3. The third-order valence-corrected chi connectivity index (χ3v) is 3.41. The smallest absolute Gasteiger partial charge is 0.144 e. The number of aliphatic hydroxyl groups excluding tert-OH is 1. The maximum absolute atomic E-state index is 9.53. The zero-order chi connectivity index (χ0) is 12.3. The lowest BCUT2D eigenvalue weighted by Crippen LogP contribution is -2.36. The van der Waals surface area contributed by atoms with Gasteiger partial charge in [0.2, 0.25) is 0 Å². The Labute approximate surface area is 102 Å². The van der Waals surface area contributed by atoms with Gasteiger partial charge in [-0.05, 0) is 44.8 Å². The Morgan fingerprint density at radius 2 is 2.24 bits per heavy atom. The minimum atomic E-state index is -0.194. The lowest BCUT2D eigenvalue weighted by molar-refractivity contribution is 0.0687. The number of piperidine rings is 1. The van der Waals surface area contributed by atoms with Gasteiger partial charge >= 0.3 is 0 Å². The van der Waals surface area contributed by atoms with Crippen molar-refractivity contribution in [2.45, 2.75) is 32.4 Å². The zero-order valence-electron chi connectivity index (χ0n) is 10.2. The standard InChI is InChI=1S/C12H20N4O/c1-9(17)10-3-6-16(7-4-10)8-12-14-5-2-11(13)15-12/h2,5,9-10,17H,3-4,6-8H2,1H3,(H2,13,14,15). The molecule has 94 valence electrons. The molecular weight excluding hydrogens is 216 g/mol. The molecule has 1 fully saturated rings. The van der Waals surface area contributed by atoms with E-state index < -0.39 is 0 Å². The van der Waals surface area contributed by atoms with Crippen LogP contribution in [-0.2, 0) is 6.54 Å². The number of aromatic nitrogens is 2. The minimum absolute atomic E-state index is 0.194. The molecule has 1 aromatic rings. The molecule has 1 saturated heterocycles. The summed E-state index contributed by atoms with van der Waals surface area (Å²) < 4.78 is 0. The van der Waals surface area contributed by atoms with Gasteiger partial charge < -0.3 is 10.8 Å². The molecular formula is C12H20N4O. The average Bonchev–Trinajstić information content (AvgIpc) is 2.29. The number of anilines is 1. The number of nitrogens with two attached hydrogens (primary N) is 1. The van der Waals surface area contributed by atoms with E-state index in [1.165, 1.54) is 0 Å². The Balaban J connectivity index is 1.86. The number of aliphatic hydroxyl groups is 1. The summed E-state index contributed by atoms with van der Waals surface area (Å²) in [6.07, 6.45) is 3.58. The molecule has 1 aliphatic heterocycles. The van der Waals surface area contributed by atoms with Crippen LogP contribution in [-0.4, -0.2) is 39.2 Å². The second-order valence-corrected chi connectivity index (χ2v) is 4.75. The minimum Gasteiger partial charge on any atom is -0.393 e. The third-order valence-electron chi connectivity index (χ3n) is 3.41. The fraction of sp³-hybridized carbons (Fsp3) is 0.667. The lowest BCUT2D eigenvalue weighted by atomic mass is 9.92. The van der Waals surface area contributed by atoms with Crippen molar-refractivity contribution in [2.75, 3.05) is 18.8 Å². The van der Waals surface area contributed by atoms with Crippen LogP contribution in [0.25, 0.3) is 0 Å². The van der Waals surface area contributed by atoms with E-state index in [2.05, 4.69) is 14.9 Å². The Morgan fingerprint density at radius 1 is 1.53 bits per heavy atom. The summed E-state index contributed by atoms with van der Waals surface area (Å²) >= 11 is 0. The summed E-state index contributed by atoms with van der Waals surface area (Å²) in [5.74, 6) is 1.74. The highest BCUT2D eigenvalue weighted by molar-refractivity contribution is 5.24. The highest BCUT2D eigenvalue weighted by Crippen LogP contribution is 2.21. The van der Waals surface area contributed by atoms with Crippen molar-refractivity contribution in [3.8, 4) is 0 Å². The SMILES string of the molecule is CC(O)C1CCN(Cc2nccc(N)n2)CC1. The van der Waals surface area contributed by atoms with Gasteiger partial charge in [-0.2, -0.15) is 0 Å². The first-order valence-corrected chi connectivity index (χ1v) is 6.13. The molecule has 1 atom stereocenters. The van der Waals surface area contributed by atoms with Crippen LogP contribution in [0.2, 0.25) is 0 Å². The molecule has 0 spiro atoms. The molecule has 0 aliphatic carbocycles. The average molecular weight is 236 g/mol. The highest BCUT2D eigenvalue weighted by atomic mass is 16.3. The Hall–Kier alpha value is -1.20. The first-order valence-electron chi connectivity index (χ1n) is 6.13. The van der Waals surface area contributed by atoms with Gasteiger partial charge in [0.05, 0.1) is 12.6 Å². The molecule has 5 heteroatoms. The quantitative estimate of drug-likeness (QED) is 0.806. The van der Waals surface area contributed by atoms with Gasteiger partial charge in [-0.15, -0.1) is 0 Å². The van der Waals surface area contributed by atoms with Gasteiger partial charge in [-0.1, -0.05) is 0 Å². The lowest BCUT2D eigenvalue weighted by Gasteiger charge is -2.32. The largest absolute Gasteiger partial charge is 0.393 e. The summed E-state index contributed by atoms with van der Waals surface area (Å²) in [5.41, 5.74) is 5.62. The van der Waals surface area contributed by atoms with Crippen molar-refractivity contribution in [1.82, 2.24) is 14.9 Å². The molecule has 1 aliphatic rings. The molecule has 0 saturated carbocycles. The number of nitrogens with zero attached hydrogens (tertiary/aromatic N) is 3. The van der Waals surface area contributed by atoms with Crippen LogP contribution in [0.5, 0.6) is 0 Å². The molecule has 2 rings (SSSR count). The van der Waals surface area contributed by atoms with Gasteiger partial charge in [0.1, 0.15) is 11.6 Å². The number of hydrogen-bond acceptors (Lipinski definition) is 5. The first-order chi connectivity index (χ1) is 8.15. The normalized spacial score (nSPS) is 20.4. The van der Waals surface area contributed by atoms with Crippen LogP contribution in [0, 0.1) is 5.92 Å². The van der Waals surface area contributed by atoms with E-state index in [4.69, 9.17) is 5.73 Å². The first kappa shape index (κ1) is 12.3. The fourth-order valence-electron chi connectivity index (χ4n) is 2.28. The van der Waals surface area contributed by atoms with Gasteiger partial charge in [-0.3, -0.25) is 4.90 Å².